The summed E-state index contributed by atoms with van der Waals surface area (Å²) < 4.78 is 11.6. The lowest BCUT2D eigenvalue weighted by atomic mass is 9.73. The number of nitrogens with zero attached hydrogens (tertiary/aromatic N) is 2. The number of aromatic nitrogens is 1. The number of rotatable bonds is 7. The second-order valence-electron chi connectivity index (χ2n) is 13.3. The number of anilines is 1. The van der Waals surface area contributed by atoms with E-state index in [-0.39, 0.29) is 31.3 Å². The van der Waals surface area contributed by atoms with E-state index in [0.29, 0.717) is 41.1 Å². The molecule has 258 valence electrons. The Morgan fingerprint density at radius 1 is 1.21 bits per heavy atom. The van der Waals surface area contributed by atoms with Gasteiger partial charge in [-0.2, -0.15) is 0 Å². The molecule has 1 aromatic heterocycles. The fraction of sp³-hybridized carbons (Fsp3) is 0.556. The molecule has 1 aromatic carbocycles. The molecule has 0 amide bonds. The summed E-state index contributed by atoms with van der Waals surface area (Å²) in [6, 6.07) is 7.17. The zero-order valence-corrected chi connectivity index (χ0v) is 29.4. The van der Waals surface area contributed by atoms with Crippen LogP contribution in [0.2, 0.25) is 0 Å². The highest BCUT2D eigenvalue weighted by Crippen LogP contribution is 2.33. The number of ketones is 1. The minimum absolute atomic E-state index is 0.0269. The van der Waals surface area contributed by atoms with Gasteiger partial charge in [-0.3, -0.25) is 9.59 Å². The highest BCUT2D eigenvalue weighted by molar-refractivity contribution is 7.09. The number of aliphatic hydroxyl groups is 3. The normalized spacial score (nSPS) is 26.2. The van der Waals surface area contributed by atoms with Crippen LogP contribution in [-0.2, 0) is 25.7 Å². The van der Waals surface area contributed by atoms with Crippen molar-refractivity contribution >= 4 is 40.8 Å². The Hall–Kier alpha value is -3.38. The van der Waals surface area contributed by atoms with E-state index in [0.717, 1.165) is 11.3 Å². The fourth-order valence-corrected chi connectivity index (χ4v) is 6.23. The van der Waals surface area contributed by atoms with Crippen LogP contribution in [0.4, 0.5) is 5.69 Å². The van der Waals surface area contributed by atoms with Gasteiger partial charge in [0.05, 0.1) is 41.9 Å². The van der Waals surface area contributed by atoms with Gasteiger partial charge in [-0.1, -0.05) is 39.8 Å². The summed E-state index contributed by atoms with van der Waals surface area (Å²) in [5.74, 6) is -2.44. The number of thiazole rings is 1. The Morgan fingerprint density at radius 2 is 1.94 bits per heavy atom. The summed E-state index contributed by atoms with van der Waals surface area (Å²) in [7, 11) is 3.79. The number of ether oxygens (including phenoxy) is 2. The zero-order valence-electron chi connectivity index (χ0n) is 28.6. The van der Waals surface area contributed by atoms with E-state index >= 15 is 0 Å². The zero-order chi connectivity index (χ0) is 34.9. The summed E-state index contributed by atoms with van der Waals surface area (Å²) in [6.45, 7) is 8.38. The number of benzene rings is 1. The lowest BCUT2D eigenvalue weighted by Crippen LogP contribution is -2.45. The molecule has 0 bridgehead atoms. The average molecular weight is 671 g/mol. The van der Waals surface area contributed by atoms with E-state index in [1.54, 1.807) is 50.4 Å². The molecule has 11 heteroatoms. The average Bonchev–Trinajstić information content (AvgIpc) is 3.50. The first kappa shape index (κ1) is 38.1. The molecule has 5 atom stereocenters. The molecule has 0 radical (unpaired) electrons. The third-order valence-corrected chi connectivity index (χ3v) is 9.82. The van der Waals surface area contributed by atoms with Gasteiger partial charge in [-0.05, 0) is 67.5 Å². The molecule has 0 aliphatic carbocycles. The van der Waals surface area contributed by atoms with Gasteiger partial charge in [-0.15, -0.1) is 11.3 Å². The van der Waals surface area contributed by atoms with Crippen LogP contribution in [0.3, 0.4) is 0 Å². The summed E-state index contributed by atoms with van der Waals surface area (Å²) in [4.78, 5) is 46.0. The van der Waals surface area contributed by atoms with Crippen molar-refractivity contribution in [2.75, 3.05) is 25.6 Å². The molecule has 1 aliphatic rings. The number of esters is 2. The molecule has 0 saturated heterocycles. The molecule has 2 aromatic rings. The maximum atomic E-state index is 13.4. The molecule has 3 N–H and O–H groups in total. The van der Waals surface area contributed by atoms with Gasteiger partial charge in [0.2, 0.25) is 0 Å². The first-order chi connectivity index (χ1) is 22.1. The quantitative estimate of drug-likeness (QED) is 0.260. The van der Waals surface area contributed by atoms with E-state index in [2.05, 4.69) is 4.98 Å². The van der Waals surface area contributed by atoms with Gasteiger partial charge in [0.25, 0.3) is 0 Å². The van der Waals surface area contributed by atoms with Crippen molar-refractivity contribution in [2.24, 2.45) is 17.3 Å². The van der Waals surface area contributed by atoms with Crippen molar-refractivity contribution in [2.45, 2.75) is 91.6 Å². The van der Waals surface area contributed by atoms with Crippen molar-refractivity contribution in [3.8, 4) is 0 Å². The molecular formula is C36H50N2O8S. The Labute approximate surface area is 282 Å². The van der Waals surface area contributed by atoms with Crippen molar-refractivity contribution in [1.29, 1.82) is 0 Å². The number of carbonyl (C=O) groups excluding carboxylic acids is 3. The molecule has 0 spiro atoms. The Balaban J connectivity index is 1.93. The molecular weight excluding hydrogens is 620 g/mol. The topological polar surface area (TPSA) is 146 Å². The Morgan fingerprint density at radius 3 is 2.60 bits per heavy atom. The van der Waals surface area contributed by atoms with Crippen molar-refractivity contribution in [3.63, 3.8) is 0 Å². The lowest BCUT2D eigenvalue weighted by molar-refractivity contribution is -0.154. The van der Waals surface area contributed by atoms with Crippen LogP contribution >= 0.6 is 11.3 Å². The van der Waals surface area contributed by atoms with Gasteiger partial charge in [-0.25, -0.2) is 9.78 Å². The number of hydrogen-bond acceptors (Lipinski definition) is 11. The number of Topliss-reactive ketones (excluding diaryl/α,β-unsaturated/α-hetero) is 1. The van der Waals surface area contributed by atoms with Crippen molar-refractivity contribution in [3.05, 3.63) is 63.1 Å². The van der Waals surface area contributed by atoms with E-state index in [4.69, 9.17) is 9.47 Å². The first-order valence-electron chi connectivity index (χ1n) is 16.1. The summed E-state index contributed by atoms with van der Waals surface area (Å²) in [5, 5.41) is 33.9. The smallest absolute Gasteiger partial charge is 0.338 e. The molecule has 1 aliphatic heterocycles. The highest BCUT2D eigenvalue weighted by Gasteiger charge is 2.42. The largest absolute Gasteiger partial charge is 0.458 e. The second-order valence-corrected chi connectivity index (χ2v) is 14.2. The first-order valence-corrected chi connectivity index (χ1v) is 17.0. The van der Waals surface area contributed by atoms with Crippen LogP contribution in [0.25, 0.3) is 6.08 Å². The third kappa shape index (κ3) is 10.6. The monoisotopic (exact) mass is 670 g/mol. The van der Waals surface area contributed by atoms with Gasteiger partial charge >= 0.3 is 11.9 Å². The minimum Gasteiger partial charge on any atom is -0.458 e. The standard InChI is InChI=1S/C36H50N2O8S/c1-22-10-8-11-25(20-45-35(44)26-12-9-13-28(17-26)38(6)7)14-15-29(23(2)16-27-21-47-31(19-39)37-27)46-32(41)18-30(40)36(4,5)34(43)24(3)33(22)42/h9,12-14,16-17,21-22,24,29-30,33,39-40,42H,8,10-11,15,18-20H2,1-7H3/b23-16+,25-14+/t22-,24+,29-,30-,33-/m0/s1. The van der Waals surface area contributed by atoms with Gasteiger partial charge < -0.3 is 29.7 Å². The van der Waals surface area contributed by atoms with Crippen LogP contribution in [0, 0.1) is 17.3 Å². The number of cyclic esters (lactones) is 1. The maximum absolute atomic E-state index is 13.4. The van der Waals surface area contributed by atoms with Crippen LogP contribution in [0.5, 0.6) is 0 Å². The van der Waals surface area contributed by atoms with Crippen LogP contribution in [0.15, 0.2) is 46.9 Å². The summed E-state index contributed by atoms with van der Waals surface area (Å²) >= 11 is 1.32. The predicted octanol–water partition coefficient (Wildman–Crippen LogP) is 5.35. The van der Waals surface area contributed by atoms with Gasteiger partial charge in [0, 0.05) is 37.5 Å². The van der Waals surface area contributed by atoms with Crippen molar-refractivity contribution in [1.82, 2.24) is 4.98 Å². The van der Waals surface area contributed by atoms with Crippen molar-refractivity contribution < 1.29 is 39.2 Å². The van der Waals surface area contributed by atoms with Crippen LogP contribution in [0.1, 0.15) is 87.8 Å². The molecule has 0 unspecified atom stereocenters. The third-order valence-electron chi connectivity index (χ3n) is 8.96. The summed E-state index contributed by atoms with van der Waals surface area (Å²) in [6.07, 6.45) is 2.40. The van der Waals surface area contributed by atoms with Crippen LogP contribution in [-0.4, -0.2) is 77.0 Å². The second kappa shape index (κ2) is 17.1. The SMILES string of the molecule is C/C(=C\c1csc(CO)n1)[C@@H]1C/C=C(/COC(=O)c2cccc(N(C)C)c2)CCC[C@H](C)[C@H](O)[C@@H](C)C(=O)C(C)(C)[C@@H](O)CC(=O)O1. The highest BCUT2D eigenvalue weighted by atomic mass is 32.1. The van der Waals surface area contributed by atoms with Crippen LogP contribution < -0.4 is 4.90 Å². The molecule has 3 rings (SSSR count). The van der Waals surface area contributed by atoms with E-state index in [9.17, 15) is 29.7 Å². The minimum atomic E-state index is -1.33. The van der Waals surface area contributed by atoms with E-state index in [1.807, 2.05) is 45.0 Å². The molecule has 0 fully saturated rings. The molecule has 2 heterocycles. The van der Waals surface area contributed by atoms with Gasteiger partial charge in [0.15, 0.2) is 0 Å². The molecule has 0 saturated carbocycles. The number of aliphatic hydroxyl groups excluding tert-OH is 3. The van der Waals surface area contributed by atoms with E-state index in [1.165, 1.54) is 11.3 Å². The Kier molecular flexibility index (Phi) is 13.9. The number of hydrogen-bond donors (Lipinski definition) is 3. The van der Waals surface area contributed by atoms with E-state index < -0.39 is 48.0 Å². The van der Waals surface area contributed by atoms with Gasteiger partial charge in [0.1, 0.15) is 23.5 Å². The molecule has 10 nitrogen and oxygen atoms in total. The summed E-state index contributed by atoms with van der Waals surface area (Å²) in [5.41, 5.74) is 2.14. The predicted molar refractivity (Wildman–Crippen MR) is 183 cm³/mol. The maximum Gasteiger partial charge on any atom is 0.338 e. The lowest BCUT2D eigenvalue weighted by Gasteiger charge is -2.34. The Bertz CT molecular complexity index is 1450. The number of carbonyl (C=O) groups is 3. The molecule has 47 heavy (non-hydrogen) atoms. The fourth-order valence-electron chi connectivity index (χ4n) is 5.62.